The van der Waals surface area contributed by atoms with Crippen LogP contribution in [0.15, 0.2) is 52.0 Å². The lowest BCUT2D eigenvalue weighted by Gasteiger charge is -2.08. The van der Waals surface area contributed by atoms with Crippen LogP contribution in [0, 0.1) is 6.92 Å². The lowest BCUT2D eigenvalue weighted by Crippen LogP contribution is -2.41. The largest absolute Gasteiger partial charge is 0.467 e. The number of esters is 1. The Kier molecular flexibility index (Phi) is 7.29. The van der Waals surface area contributed by atoms with E-state index in [1.54, 1.807) is 24.3 Å². The molecular formula is C17H19N3O7S. The quantitative estimate of drug-likeness (QED) is 0.537. The van der Waals surface area contributed by atoms with Gasteiger partial charge in [0, 0.05) is 0 Å². The van der Waals surface area contributed by atoms with Gasteiger partial charge in [0.1, 0.15) is 12.3 Å². The number of hydrogen-bond acceptors (Lipinski definition) is 7. The van der Waals surface area contributed by atoms with Crippen molar-refractivity contribution in [2.24, 2.45) is 0 Å². The summed E-state index contributed by atoms with van der Waals surface area (Å²) in [5, 5.41) is 4.33. The van der Waals surface area contributed by atoms with E-state index in [1.807, 2.05) is 12.2 Å². The molecule has 0 saturated heterocycles. The van der Waals surface area contributed by atoms with Gasteiger partial charge in [0.25, 0.3) is 5.91 Å². The highest BCUT2D eigenvalue weighted by atomic mass is 32.2. The summed E-state index contributed by atoms with van der Waals surface area (Å²) >= 11 is 0. The third kappa shape index (κ3) is 6.85. The van der Waals surface area contributed by atoms with Crippen molar-refractivity contribution in [2.75, 3.05) is 13.2 Å². The van der Waals surface area contributed by atoms with Crippen LogP contribution < -0.4 is 15.4 Å². The first-order chi connectivity index (χ1) is 13.3. The van der Waals surface area contributed by atoms with Gasteiger partial charge in [0.15, 0.2) is 6.61 Å². The molecule has 1 aromatic carbocycles. The predicted molar refractivity (Wildman–Crippen MR) is 96.4 cm³/mol. The molecule has 2 rings (SSSR count). The van der Waals surface area contributed by atoms with Gasteiger partial charge >= 0.3 is 12.0 Å². The molecule has 0 bridgehead atoms. The van der Waals surface area contributed by atoms with Gasteiger partial charge in [-0.25, -0.2) is 13.2 Å². The van der Waals surface area contributed by atoms with E-state index < -0.39 is 41.1 Å². The molecular weight excluding hydrogens is 390 g/mol. The number of imide groups is 1. The molecule has 0 aliphatic carbocycles. The molecule has 10 nitrogen and oxygen atoms in total. The van der Waals surface area contributed by atoms with Crippen LogP contribution in [0.4, 0.5) is 4.79 Å². The van der Waals surface area contributed by atoms with Crippen LogP contribution in [-0.4, -0.2) is 39.5 Å². The number of nitrogens with one attached hydrogen (secondary N) is 3. The smallest absolute Gasteiger partial charge is 0.321 e. The van der Waals surface area contributed by atoms with E-state index in [0.717, 1.165) is 5.56 Å². The number of aryl methyl sites for hydroxylation is 1. The SMILES string of the molecule is Cc1ccc(S(=O)(=O)NCC(=O)OCC(=O)NC(=O)NCc2ccco2)cc1. The van der Waals surface area contributed by atoms with E-state index >= 15 is 0 Å². The van der Waals surface area contributed by atoms with Gasteiger partial charge in [-0.1, -0.05) is 17.7 Å². The number of sulfonamides is 1. The Labute approximate surface area is 161 Å². The summed E-state index contributed by atoms with van der Waals surface area (Å²) in [6.45, 7) is 0.490. The Balaban J connectivity index is 1.69. The summed E-state index contributed by atoms with van der Waals surface area (Å²) in [7, 11) is -3.88. The number of benzene rings is 1. The van der Waals surface area contributed by atoms with Gasteiger partial charge in [0.2, 0.25) is 10.0 Å². The number of amides is 3. The molecule has 1 aromatic heterocycles. The molecule has 28 heavy (non-hydrogen) atoms. The van der Waals surface area contributed by atoms with Crippen LogP contribution in [0.2, 0.25) is 0 Å². The lowest BCUT2D eigenvalue weighted by atomic mass is 10.2. The van der Waals surface area contributed by atoms with Crippen molar-refractivity contribution in [3.63, 3.8) is 0 Å². The average molecular weight is 409 g/mol. The second kappa shape index (κ2) is 9.67. The zero-order valence-electron chi connectivity index (χ0n) is 14.9. The summed E-state index contributed by atoms with van der Waals surface area (Å²) in [4.78, 5) is 34.7. The fourth-order valence-electron chi connectivity index (χ4n) is 1.94. The maximum atomic E-state index is 12.0. The first kappa shape index (κ1) is 21.1. The van der Waals surface area contributed by atoms with Crippen LogP contribution in [0.3, 0.4) is 0 Å². The van der Waals surface area contributed by atoms with Gasteiger partial charge in [-0.05, 0) is 31.2 Å². The van der Waals surface area contributed by atoms with E-state index in [2.05, 4.69) is 14.8 Å². The maximum Gasteiger partial charge on any atom is 0.321 e. The Morgan fingerprint density at radius 2 is 1.82 bits per heavy atom. The molecule has 0 unspecified atom stereocenters. The molecule has 0 fully saturated rings. The molecule has 3 amide bonds. The fourth-order valence-corrected chi connectivity index (χ4v) is 2.91. The van der Waals surface area contributed by atoms with Crippen LogP contribution >= 0.6 is 0 Å². The number of furan rings is 1. The molecule has 3 N–H and O–H groups in total. The van der Waals surface area contributed by atoms with Crippen molar-refractivity contribution >= 4 is 27.9 Å². The molecule has 2 aromatic rings. The monoisotopic (exact) mass is 409 g/mol. The van der Waals surface area contributed by atoms with E-state index in [9.17, 15) is 22.8 Å². The summed E-state index contributed by atoms with van der Waals surface area (Å²) in [5.41, 5.74) is 0.887. The summed E-state index contributed by atoms with van der Waals surface area (Å²) in [5.74, 6) is -1.34. The highest BCUT2D eigenvalue weighted by Crippen LogP contribution is 2.09. The minimum absolute atomic E-state index is 0.00290. The van der Waals surface area contributed by atoms with Crippen molar-refractivity contribution < 1.29 is 32.0 Å². The Morgan fingerprint density at radius 1 is 1.11 bits per heavy atom. The third-order valence-electron chi connectivity index (χ3n) is 3.36. The van der Waals surface area contributed by atoms with Crippen LogP contribution in [0.5, 0.6) is 0 Å². The number of ether oxygens (including phenoxy) is 1. The van der Waals surface area contributed by atoms with E-state index in [4.69, 9.17) is 4.42 Å². The molecule has 1 heterocycles. The first-order valence-electron chi connectivity index (χ1n) is 8.08. The van der Waals surface area contributed by atoms with Crippen molar-refractivity contribution in [1.29, 1.82) is 0 Å². The number of carbonyl (C=O) groups excluding carboxylic acids is 3. The van der Waals surface area contributed by atoms with E-state index in [0.29, 0.717) is 5.76 Å². The van der Waals surface area contributed by atoms with Gasteiger partial charge in [-0.2, -0.15) is 4.72 Å². The molecule has 0 aliphatic rings. The maximum absolute atomic E-state index is 12.0. The highest BCUT2D eigenvalue weighted by molar-refractivity contribution is 7.89. The van der Waals surface area contributed by atoms with E-state index in [-0.39, 0.29) is 11.4 Å². The number of hydrogen-bond donors (Lipinski definition) is 3. The van der Waals surface area contributed by atoms with Gasteiger partial charge < -0.3 is 14.5 Å². The van der Waals surface area contributed by atoms with Crippen LogP contribution in [0.1, 0.15) is 11.3 Å². The predicted octanol–water partition coefficient (Wildman–Crippen LogP) is 0.436. The topological polar surface area (TPSA) is 144 Å². The molecule has 0 aliphatic heterocycles. The Hall–Kier alpha value is -3.18. The fraction of sp³-hybridized carbons (Fsp3) is 0.235. The molecule has 0 saturated carbocycles. The zero-order chi connectivity index (χ0) is 20.6. The van der Waals surface area contributed by atoms with Gasteiger partial charge in [-0.15, -0.1) is 0 Å². The Morgan fingerprint density at radius 3 is 2.46 bits per heavy atom. The molecule has 0 spiro atoms. The van der Waals surface area contributed by atoms with Crippen LogP contribution in [0.25, 0.3) is 0 Å². The number of carbonyl (C=O) groups is 3. The Bertz CT molecular complexity index is 922. The highest BCUT2D eigenvalue weighted by Gasteiger charge is 2.17. The van der Waals surface area contributed by atoms with Crippen molar-refractivity contribution in [3.05, 3.63) is 54.0 Å². The van der Waals surface area contributed by atoms with Crippen molar-refractivity contribution in [1.82, 2.24) is 15.4 Å². The minimum atomic E-state index is -3.88. The zero-order valence-corrected chi connectivity index (χ0v) is 15.7. The molecule has 150 valence electrons. The standard InChI is InChI=1S/C17H19N3O7S/c1-12-4-6-14(7-5-12)28(24,25)19-10-16(22)27-11-15(21)20-17(23)18-9-13-3-2-8-26-13/h2-8,19H,9-11H2,1H3,(H2,18,20,21,23). The van der Waals surface area contributed by atoms with Gasteiger partial charge in [0.05, 0.1) is 17.7 Å². The summed E-state index contributed by atoms with van der Waals surface area (Å²) in [6, 6.07) is 8.53. The molecule has 0 atom stereocenters. The first-order valence-corrected chi connectivity index (χ1v) is 9.56. The molecule has 0 radical (unpaired) electrons. The minimum Gasteiger partial charge on any atom is -0.467 e. The second-order valence-electron chi connectivity index (χ2n) is 5.61. The van der Waals surface area contributed by atoms with E-state index in [1.165, 1.54) is 18.4 Å². The normalized spacial score (nSPS) is 10.9. The average Bonchev–Trinajstić information content (AvgIpc) is 3.17. The van der Waals surface area contributed by atoms with Gasteiger partial charge in [-0.3, -0.25) is 14.9 Å². The van der Waals surface area contributed by atoms with Crippen molar-refractivity contribution in [2.45, 2.75) is 18.4 Å². The second-order valence-corrected chi connectivity index (χ2v) is 7.38. The van der Waals surface area contributed by atoms with Crippen molar-refractivity contribution in [3.8, 4) is 0 Å². The summed E-state index contributed by atoms with van der Waals surface area (Å²) < 4.78 is 35.8. The van der Waals surface area contributed by atoms with Crippen LogP contribution in [-0.2, 0) is 30.9 Å². The lowest BCUT2D eigenvalue weighted by molar-refractivity contribution is -0.147. The molecule has 11 heteroatoms. The number of urea groups is 1. The third-order valence-corrected chi connectivity index (χ3v) is 4.78. The number of rotatable bonds is 8. The summed E-state index contributed by atoms with van der Waals surface area (Å²) in [6.07, 6.45) is 1.44.